The van der Waals surface area contributed by atoms with Gasteiger partial charge < -0.3 is 19.7 Å². The van der Waals surface area contributed by atoms with Gasteiger partial charge in [-0.15, -0.1) is 0 Å². The molecular formula is C14H18N2O3. The molecule has 1 aromatic rings. The number of carbonyl (C=O) groups is 1. The summed E-state index contributed by atoms with van der Waals surface area (Å²) in [6.07, 6.45) is 1.05. The summed E-state index contributed by atoms with van der Waals surface area (Å²) in [7, 11) is 1.69. The summed E-state index contributed by atoms with van der Waals surface area (Å²) in [4.78, 5) is 14.4. The third kappa shape index (κ3) is 2.26. The van der Waals surface area contributed by atoms with E-state index in [4.69, 9.17) is 9.47 Å². The zero-order valence-electron chi connectivity index (χ0n) is 11.0. The number of nitrogens with zero attached hydrogens (tertiary/aromatic N) is 1. The first kappa shape index (κ1) is 12.3. The summed E-state index contributed by atoms with van der Waals surface area (Å²) in [5.41, 5.74) is 1.54. The number of likely N-dealkylation sites (tertiary alicyclic amines) is 1. The molecule has 1 amide bonds. The normalized spacial score (nSPS) is 21.5. The van der Waals surface area contributed by atoms with Crippen LogP contribution >= 0.6 is 0 Å². The molecule has 2 aliphatic heterocycles. The van der Waals surface area contributed by atoms with E-state index in [2.05, 4.69) is 5.32 Å². The van der Waals surface area contributed by atoms with Crippen molar-refractivity contribution in [3.8, 4) is 5.75 Å². The number of anilines is 1. The van der Waals surface area contributed by atoms with Crippen molar-refractivity contribution in [3.63, 3.8) is 0 Å². The predicted molar refractivity (Wildman–Crippen MR) is 71.7 cm³/mol. The molecule has 0 bridgehead atoms. The Labute approximate surface area is 112 Å². The number of fused-ring (bicyclic) bond motifs is 1. The number of nitrogens with one attached hydrogen (secondary N) is 1. The Morgan fingerprint density at radius 2 is 2.42 bits per heavy atom. The highest BCUT2D eigenvalue weighted by Gasteiger charge is 2.29. The van der Waals surface area contributed by atoms with E-state index in [1.165, 1.54) is 0 Å². The minimum absolute atomic E-state index is 0.0279. The van der Waals surface area contributed by atoms with Gasteiger partial charge in [-0.2, -0.15) is 0 Å². The lowest BCUT2D eigenvalue weighted by Gasteiger charge is -2.23. The van der Waals surface area contributed by atoms with E-state index in [1.54, 1.807) is 7.11 Å². The van der Waals surface area contributed by atoms with Crippen LogP contribution in [0.1, 0.15) is 16.8 Å². The third-order valence-electron chi connectivity index (χ3n) is 3.67. The molecule has 5 nitrogen and oxygen atoms in total. The maximum absolute atomic E-state index is 12.5. The van der Waals surface area contributed by atoms with Crippen molar-refractivity contribution in [1.82, 2.24) is 4.90 Å². The number of ether oxygens (including phenoxy) is 2. The fourth-order valence-corrected chi connectivity index (χ4v) is 2.61. The topological polar surface area (TPSA) is 50.8 Å². The highest BCUT2D eigenvalue weighted by atomic mass is 16.5. The van der Waals surface area contributed by atoms with Crippen molar-refractivity contribution in [1.29, 1.82) is 0 Å². The highest BCUT2D eigenvalue weighted by Crippen LogP contribution is 2.32. The molecule has 3 rings (SSSR count). The molecule has 1 aromatic carbocycles. The minimum atomic E-state index is 0.0279. The molecule has 5 heteroatoms. The summed E-state index contributed by atoms with van der Waals surface area (Å²) in [6, 6.07) is 5.65. The summed E-state index contributed by atoms with van der Waals surface area (Å²) < 4.78 is 10.9. The van der Waals surface area contributed by atoms with E-state index in [0.29, 0.717) is 24.5 Å². The standard InChI is InChI=1S/C14H18N2O3/c1-18-10-5-7-16(9-10)14(17)11-3-2-4-12-13(11)19-8-6-15-12/h2-4,10,15H,5-9H2,1H3. The summed E-state index contributed by atoms with van der Waals surface area (Å²) in [6.45, 7) is 2.78. The number of para-hydroxylation sites is 1. The molecule has 2 aliphatic rings. The van der Waals surface area contributed by atoms with Gasteiger partial charge >= 0.3 is 0 Å². The molecule has 0 aliphatic carbocycles. The molecule has 102 valence electrons. The second-order valence-electron chi connectivity index (χ2n) is 4.86. The Kier molecular flexibility index (Phi) is 3.29. The zero-order valence-corrected chi connectivity index (χ0v) is 11.0. The lowest BCUT2D eigenvalue weighted by molar-refractivity contribution is 0.0720. The van der Waals surface area contributed by atoms with Crippen LogP contribution in [0.4, 0.5) is 5.69 Å². The SMILES string of the molecule is COC1CCN(C(=O)c2cccc3c2OCCN3)C1. The van der Waals surface area contributed by atoms with Gasteiger partial charge in [0.25, 0.3) is 5.91 Å². The van der Waals surface area contributed by atoms with Gasteiger partial charge in [-0.05, 0) is 18.6 Å². The highest BCUT2D eigenvalue weighted by molar-refractivity contribution is 5.99. The Morgan fingerprint density at radius 1 is 1.53 bits per heavy atom. The Balaban J connectivity index is 1.84. The maximum Gasteiger partial charge on any atom is 0.257 e. The van der Waals surface area contributed by atoms with Crippen molar-refractivity contribution in [3.05, 3.63) is 23.8 Å². The molecule has 0 spiro atoms. The fourth-order valence-electron chi connectivity index (χ4n) is 2.61. The van der Waals surface area contributed by atoms with Crippen LogP contribution in [0.3, 0.4) is 0 Å². The first-order valence-corrected chi connectivity index (χ1v) is 6.61. The summed E-state index contributed by atoms with van der Waals surface area (Å²) in [5, 5.41) is 3.25. The van der Waals surface area contributed by atoms with Gasteiger partial charge in [0.1, 0.15) is 6.61 Å². The van der Waals surface area contributed by atoms with Gasteiger partial charge in [0.15, 0.2) is 5.75 Å². The van der Waals surface area contributed by atoms with Gasteiger partial charge in [-0.25, -0.2) is 0 Å². The van der Waals surface area contributed by atoms with Crippen LogP contribution in [0, 0.1) is 0 Å². The third-order valence-corrected chi connectivity index (χ3v) is 3.67. The number of carbonyl (C=O) groups excluding carboxylic acids is 1. The van der Waals surface area contributed by atoms with Crippen LogP contribution in [0.5, 0.6) is 5.75 Å². The van der Waals surface area contributed by atoms with Crippen LogP contribution in [0.2, 0.25) is 0 Å². The lowest BCUT2D eigenvalue weighted by Crippen LogP contribution is -2.31. The second-order valence-corrected chi connectivity index (χ2v) is 4.86. The molecule has 1 atom stereocenters. The van der Waals surface area contributed by atoms with E-state index in [1.807, 2.05) is 23.1 Å². The summed E-state index contributed by atoms with van der Waals surface area (Å²) >= 11 is 0. The van der Waals surface area contributed by atoms with Crippen molar-refractivity contribution in [2.24, 2.45) is 0 Å². The van der Waals surface area contributed by atoms with Gasteiger partial charge in [-0.1, -0.05) is 6.07 Å². The smallest absolute Gasteiger partial charge is 0.257 e. The van der Waals surface area contributed by atoms with Crippen LogP contribution in [-0.4, -0.2) is 50.3 Å². The van der Waals surface area contributed by atoms with E-state index >= 15 is 0 Å². The molecule has 0 aromatic heterocycles. The Bertz CT molecular complexity index is 490. The molecule has 0 saturated carbocycles. The average Bonchev–Trinajstić information content (AvgIpc) is 2.95. The number of benzene rings is 1. The molecular weight excluding hydrogens is 244 g/mol. The Hall–Kier alpha value is -1.75. The quantitative estimate of drug-likeness (QED) is 0.874. The van der Waals surface area contributed by atoms with E-state index in [-0.39, 0.29) is 12.0 Å². The van der Waals surface area contributed by atoms with Crippen LogP contribution in [-0.2, 0) is 4.74 Å². The Morgan fingerprint density at radius 3 is 3.21 bits per heavy atom. The lowest BCUT2D eigenvalue weighted by atomic mass is 10.1. The van der Waals surface area contributed by atoms with Gasteiger partial charge in [0.05, 0.1) is 17.4 Å². The molecule has 1 N–H and O–H groups in total. The van der Waals surface area contributed by atoms with Crippen molar-refractivity contribution >= 4 is 11.6 Å². The minimum Gasteiger partial charge on any atom is -0.489 e. The van der Waals surface area contributed by atoms with Crippen molar-refractivity contribution in [2.75, 3.05) is 38.7 Å². The largest absolute Gasteiger partial charge is 0.489 e. The van der Waals surface area contributed by atoms with Gasteiger partial charge in [-0.3, -0.25) is 4.79 Å². The van der Waals surface area contributed by atoms with Crippen LogP contribution in [0.25, 0.3) is 0 Å². The van der Waals surface area contributed by atoms with Crippen LogP contribution in [0.15, 0.2) is 18.2 Å². The number of hydrogen-bond donors (Lipinski definition) is 1. The monoisotopic (exact) mass is 262 g/mol. The molecule has 1 unspecified atom stereocenters. The first-order chi connectivity index (χ1) is 9.29. The van der Waals surface area contributed by atoms with Gasteiger partial charge in [0.2, 0.25) is 0 Å². The second kappa shape index (κ2) is 5.09. The van der Waals surface area contributed by atoms with E-state index in [0.717, 1.165) is 25.2 Å². The molecule has 19 heavy (non-hydrogen) atoms. The maximum atomic E-state index is 12.5. The molecule has 2 heterocycles. The molecule has 1 fully saturated rings. The first-order valence-electron chi connectivity index (χ1n) is 6.61. The van der Waals surface area contributed by atoms with Crippen LogP contribution < -0.4 is 10.1 Å². The zero-order chi connectivity index (χ0) is 13.2. The van der Waals surface area contributed by atoms with Gasteiger partial charge in [0, 0.05) is 26.7 Å². The van der Waals surface area contributed by atoms with Crippen molar-refractivity contribution in [2.45, 2.75) is 12.5 Å². The number of rotatable bonds is 2. The summed E-state index contributed by atoms with van der Waals surface area (Å²) in [5.74, 6) is 0.708. The van der Waals surface area contributed by atoms with Crippen molar-refractivity contribution < 1.29 is 14.3 Å². The fraction of sp³-hybridized carbons (Fsp3) is 0.500. The number of methoxy groups -OCH3 is 1. The molecule has 0 radical (unpaired) electrons. The number of amides is 1. The van der Waals surface area contributed by atoms with E-state index < -0.39 is 0 Å². The predicted octanol–water partition coefficient (Wildman–Crippen LogP) is 1.35. The van der Waals surface area contributed by atoms with E-state index in [9.17, 15) is 4.79 Å². The molecule has 1 saturated heterocycles. The number of hydrogen-bond acceptors (Lipinski definition) is 4. The average molecular weight is 262 g/mol.